The van der Waals surface area contributed by atoms with Gasteiger partial charge in [0.25, 0.3) is 0 Å². The molecule has 0 aromatic carbocycles. The maximum atomic E-state index is 5.24. The summed E-state index contributed by atoms with van der Waals surface area (Å²) in [5.41, 5.74) is 5.24. The van der Waals surface area contributed by atoms with Crippen molar-refractivity contribution < 1.29 is 0 Å². The van der Waals surface area contributed by atoms with Crippen molar-refractivity contribution in [3.63, 3.8) is 0 Å². The Morgan fingerprint density at radius 3 is 2.62 bits per heavy atom. The Labute approximate surface area is 50.4 Å². The molecular weight excluding hydrogens is 100 g/mol. The number of nitrogens with one attached hydrogen (secondary N) is 1. The molecule has 0 spiro atoms. The number of nitrogens with two attached hydrogens (primary N) is 1. The van der Waals surface area contributed by atoms with Crippen molar-refractivity contribution in [2.24, 2.45) is 11.7 Å². The summed E-state index contributed by atoms with van der Waals surface area (Å²) in [4.78, 5) is 0. The molecule has 1 fully saturated rings. The molecular formula is C6H14N2. The molecule has 0 aromatic rings. The molecule has 1 aliphatic rings. The van der Waals surface area contributed by atoms with Crippen LogP contribution < -0.4 is 11.1 Å². The molecule has 2 nitrogen and oxygen atoms in total. The highest BCUT2D eigenvalue weighted by atomic mass is 15.0. The van der Waals surface area contributed by atoms with Gasteiger partial charge in [-0.3, -0.25) is 0 Å². The number of hydrogen-bond donors (Lipinski definition) is 2. The Bertz CT molecular complexity index is 59.5. The molecule has 0 heterocycles. The van der Waals surface area contributed by atoms with Crippen molar-refractivity contribution in [1.29, 1.82) is 0 Å². The zero-order chi connectivity index (χ0) is 5.82. The summed E-state index contributed by atoms with van der Waals surface area (Å²) in [5.74, 6) is 0.943. The second-order valence-electron chi connectivity index (χ2n) is 2.46. The second kappa shape index (κ2) is 3.05. The molecule has 0 atom stereocenters. The first-order chi connectivity index (χ1) is 3.93. The molecule has 0 amide bonds. The summed E-state index contributed by atoms with van der Waals surface area (Å²) in [6.07, 6.45) is 4.25. The molecule has 3 N–H and O–H groups in total. The van der Waals surface area contributed by atoms with E-state index in [9.17, 15) is 0 Å². The van der Waals surface area contributed by atoms with Crippen LogP contribution in [0.4, 0.5) is 0 Å². The van der Waals surface area contributed by atoms with E-state index in [1.54, 1.807) is 0 Å². The van der Waals surface area contributed by atoms with Crippen molar-refractivity contribution in [2.45, 2.75) is 19.3 Å². The molecule has 48 valence electrons. The van der Waals surface area contributed by atoms with Gasteiger partial charge in [0.15, 0.2) is 0 Å². The standard InChI is InChI=1S/C6H14N2/c7-5-8-4-6-2-1-3-6/h6,8H,1-5,7H2. The van der Waals surface area contributed by atoms with Gasteiger partial charge in [0, 0.05) is 6.67 Å². The quantitative estimate of drug-likeness (QED) is 0.518. The fraction of sp³-hybridized carbons (Fsp3) is 1.00. The van der Waals surface area contributed by atoms with Gasteiger partial charge in [-0.15, -0.1) is 0 Å². The van der Waals surface area contributed by atoms with Crippen LogP contribution in [0.2, 0.25) is 0 Å². The largest absolute Gasteiger partial charge is 0.318 e. The maximum Gasteiger partial charge on any atom is 0.0428 e. The van der Waals surface area contributed by atoms with E-state index >= 15 is 0 Å². The lowest BCUT2D eigenvalue weighted by Crippen LogP contribution is -2.31. The SMILES string of the molecule is NCNCC1CCC1. The van der Waals surface area contributed by atoms with Crippen molar-refractivity contribution in [1.82, 2.24) is 5.32 Å². The average molecular weight is 114 g/mol. The summed E-state index contributed by atoms with van der Waals surface area (Å²) in [5, 5.41) is 3.13. The predicted octanol–water partition coefficient (Wildman–Crippen LogP) is 0.292. The molecule has 0 aliphatic heterocycles. The van der Waals surface area contributed by atoms with E-state index in [2.05, 4.69) is 5.32 Å². The smallest absolute Gasteiger partial charge is 0.0428 e. The zero-order valence-electron chi connectivity index (χ0n) is 5.19. The summed E-state index contributed by atoms with van der Waals surface area (Å²) in [7, 11) is 0. The molecule has 2 heteroatoms. The highest BCUT2D eigenvalue weighted by molar-refractivity contribution is 4.70. The average Bonchev–Trinajstić information content (AvgIpc) is 1.63. The van der Waals surface area contributed by atoms with E-state index in [0.717, 1.165) is 12.5 Å². The van der Waals surface area contributed by atoms with E-state index in [0.29, 0.717) is 6.67 Å². The Hall–Kier alpha value is -0.0800. The van der Waals surface area contributed by atoms with Gasteiger partial charge in [0.05, 0.1) is 0 Å². The lowest BCUT2D eigenvalue weighted by molar-refractivity contribution is 0.303. The van der Waals surface area contributed by atoms with Crippen LogP contribution in [0.1, 0.15) is 19.3 Å². The minimum Gasteiger partial charge on any atom is -0.318 e. The van der Waals surface area contributed by atoms with Crippen LogP contribution >= 0.6 is 0 Å². The van der Waals surface area contributed by atoms with E-state index in [1.807, 2.05) is 0 Å². The normalized spacial score (nSPS) is 20.6. The Kier molecular flexibility index (Phi) is 2.30. The summed E-state index contributed by atoms with van der Waals surface area (Å²) in [6, 6.07) is 0. The van der Waals surface area contributed by atoms with Gasteiger partial charge < -0.3 is 11.1 Å². The van der Waals surface area contributed by atoms with Crippen LogP contribution in [-0.2, 0) is 0 Å². The Morgan fingerprint density at radius 2 is 2.25 bits per heavy atom. The Morgan fingerprint density at radius 1 is 1.50 bits per heavy atom. The minimum atomic E-state index is 0.635. The van der Waals surface area contributed by atoms with E-state index in [4.69, 9.17) is 5.73 Å². The van der Waals surface area contributed by atoms with Gasteiger partial charge in [-0.2, -0.15) is 0 Å². The van der Waals surface area contributed by atoms with Crippen molar-refractivity contribution in [3.05, 3.63) is 0 Å². The van der Waals surface area contributed by atoms with Crippen LogP contribution in [-0.4, -0.2) is 13.2 Å². The topological polar surface area (TPSA) is 38.0 Å². The van der Waals surface area contributed by atoms with Crippen molar-refractivity contribution >= 4 is 0 Å². The highest BCUT2D eigenvalue weighted by Crippen LogP contribution is 2.24. The predicted molar refractivity (Wildman–Crippen MR) is 34.4 cm³/mol. The highest BCUT2D eigenvalue weighted by Gasteiger charge is 2.15. The molecule has 1 rings (SSSR count). The van der Waals surface area contributed by atoms with Crippen molar-refractivity contribution in [3.8, 4) is 0 Å². The summed E-state index contributed by atoms with van der Waals surface area (Å²) >= 11 is 0. The Balaban J connectivity index is 1.86. The first-order valence-corrected chi connectivity index (χ1v) is 3.34. The lowest BCUT2D eigenvalue weighted by atomic mass is 9.85. The van der Waals surface area contributed by atoms with E-state index < -0.39 is 0 Å². The van der Waals surface area contributed by atoms with Crippen LogP contribution in [0, 0.1) is 5.92 Å². The van der Waals surface area contributed by atoms with Crippen molar-refractivity contribution in [2.75, 3.05) is 13.2 Å². The lowest BCUT2D eigenvalue weighted by Gasteiger charge is -2.24. The van der Waals surface area contributed by atoms with Crippen LogP contribution in [0.15, 0.2) is 0 Å². The molecule has 8 heavy (non-hydrogen) atoms. The molecule has 0 aromatic heterocycles. The third-order valence-electron chi connectivity index (χ3n) is 1.80. The third-order valence-corrected chi connectivity index (χ3v) is 1.80. The first kappa shape index (κ1) is 6.05. The molecule has 0 saturated heterocycles. The fourth-order valence-corrected chi connectivity index (χ4v) is 0.984. The van der Waals surface area contributed by atoms with Crippen LogP contribution in [0.3, 0.4) is 0 Å². The van der Waals surface area contributed by atoms with Gasteiger partial charge >= 0.3 is 0 Å². The molecule has 1 aliphatic carbocycles. The molecule has 1 saturated carbocycles. The van der Waals surface area contributed by atoms with Gasteiger partial charge in [-0.05, 0) is 25.3 Å². The van der Waals surface area contributed by atoms with E-state index in [-0.39, 0.29) is 0 Å². The summed E-state index contributed by atoms with van der Waals surface area (Å²) in [6.45, 7) is 1.77. The summed E-state index contributed by atoms with van der Waals surface area (Å²) < 4.78 is 0. The van der Waals surface area contributed by atoms with Gasteiger partial charge in [0.2, 0.25) is 0 Å². The van der Waals surface area contributed by atoms with Crippen LogP contribution in [0.25, 0.3) is 0 Å². The molecule has 0 unspecified atom stereocenters. The minimum absolute atomic E-state index is 0.635. The zero-order valence-corrected chi connectivity index (χ0v) is 5.19. The molecule has 0 radical (unpaired) electrons. The van der Waals surface area contributed by atoms with Gasteiger partial charge in [0.1, 0.15) is 0 Å². The van der Waals surface area contributed by atoms with Gasteiger partial charge in [-0.25, -0.2) is 0 Å². The number of hydrogen-bond acceptors (Lipinski definition) is 2. The van der Waals surface area contributed by atoms with Gasteiger partial charge in [-0.1, -0.05) is 6.42 Å². The second-order valence-corrected chi connectivity index (χ2v) is 2.46. The first-order valence-electron chi connectivity index (χ1n) is 3.34. The third kappa shape index (κ3) is 1.46. The fourth-order valence-electron chi connectivity index (χ4n) is 0.984. The van der Waals surface area contributed by atoms with Crippen LogP contribution in [0.5, 0.6) is 0 Å². The van der Waals surface area contributed by atoms with E-state index in [1.165, 1.54) is 19.3 Å². The maximum absolute atomic E-state index is 5.24. The monoisotopic (exact) mass is 114 g/mol. The number of rotatable bonds is 3. The molecule has 0 bridgehead atoms.